The van der Waals surface area contributed by atoms with Crippen LogP contribution in [-0.4, -0.2) is 182 Å². The number of likely N-dealkylation sites (N-methyl/N-ethyl adjacent to an activating group) is 5. The van der Waals surface area contributed by atoms with Gasteiger partial charge in [-0.15, -0.1) is 0 Å². The summed E-state index contributed by atoms with van der Waals surface area (Å²) in [6, 6.07) is 2.40. The zero-order valence-corrected chi connectivity index (χ0v) is 42.3. The van der Waals surface area contributed by atoms with Crippen molar-refractivity contribution in [1.29, 1.82) is 0 Å². The summed E-state index contributed by atoms with van der Waals surface area (Å²) in [6.45, 7) is 30.5. The molecule has 2 unspecified atom stereocenters. The minimum Gasteiger partial charge on any atom is -0.756 e. The van der Waals surface area contributed by atoms with Crippen molar-refractivity contribution in [2.24, 2.45) is 0 Å². The monoisotopic (exact) mass is 874 g/mol. The lowest BCUT2D eigenvalue weighted by Gasteiger charge is -2.40. The minimum absolute atomic E-state index is 0. The van der Waals surface area contributed by atoms with Crippen molar-refractivity contribution in [3.05, 3.63) is 22.3 Å². The maximum atomic E-state index is 11.5. The van der Waals surface area contributed by atoms with E-state index in [9.17, 15) is 18.9 Å². The Kier molecular flexibility index (Phi) is 44.5. The SMILES string of the molecule is C.C.C.CC(C)OP(=O)([O-])OCC[N+](C)(C)C(C)C.CC(C)OP(=O)([O-])OCC[N+](C)(C)CC[N+](C)(C)C(C)C.CC(C)[N+](C)(C)CC[N+](C)(C)C(C)C.[CH3-].[CH3-].[CH3-]. The Balaban J connectivity index is -0.0000000839. The Labute approximate surface area is 361 Å². The zero-order chi connectivity index (χ0) is 41.4. The largest absolute Gasteiger partial charge is 0.756 e. The molecule has 0 aromatic carbocycles. The molecule has 360 valence electrons. The Hall–Kier alpha value is 0.0200. The third-order valence-electron chi connectivity index (χ3n) is 10.7. The number of quaternary nitrogens is 5. The molecule has 2 atom stereocenters. The van der Waals surface area contributed by atoms with Gasteiger partial charge in [0.25, 0.3) is 15.6 Å². The van der Waals surface area contributed by atoms with Gasteiger partial charge in [0, 0.05) is 0 Å². The molecule has 0 aromatic rings. The molecule has 0 rings (SSSR count). The molecule has 0 radical (unpaired) electrons. The van der Waals surface area contributed by atoms with Gasteiger partial charge >= 0.3 is 0 Å². The van der Waals surface area contributed by atoms with Crippen LogP contribution in [0.15, 0.2) is 0 Å². The number of hydrogen-bond acceptors (Lipinski definition) is 8. The fourth-order valence-corrected chi connectivity index (χ4v) is 5.32. The average molecular weight is 874 g/mol. The van der Waals surface area contributed by atoms with Gasteiger partial charge in [-0.3, -0.25) is 9.13 Å². The summed E-state index contributed by atoms with van der Waals surface area (Å²) in [7, 11) is 13.7. The second-order valence-electron chi connectivity index (χ2n) is 18.6. The molecule has 0 amide bonds. The van der Waals surface area contributed by atoms with Gasteiger partial charge in [-0.25, -0.2) is 0 Å². The minimum atomic E-state index is -4.17. The van der Waals surface area contributed by atoms with Crippen molar-refractivity contribution in [2.45, 2.75) is 142 Å². The van der Waals surface area contributed by atoms with E-state index in [1.807, 2.05) is 14.1 Å². The molecule has 0 N–H and O–H groups in total. The molecular weight excluding hydrogens is 764 g/mol. The summed E-state index contributed by atoms with van der Waals surface area (Å²) in [6.07, 6.45) is -0.768. The normalized spacial score (nSPS) is 14.3. The van der Waals surface area contributed by atoms with Crippen LogP contribution in [-0.2, 0) is 27.2 Å². The predicted octanol–water partition coefficient (Wildman–Crippen LogP) is 8.05. The number of rotatable bonds is 22. The van der Waals surface area contributed by atoms with Gasteiger partial charge < -0.3 is 72.6 Å². The molecule has 57 heavy (non-hydrogen) atoms. The quantitative estimate of drug-likeness (QED) is 0.0610. The third-order valence-corrected chi connectivity index (χ3v) is 13.0. The van der Waals surface area contributed by atoms with Crippen molar-refractivity contribution >= 4 is 15.6 Å². The van der Waals surface area contributed by atoms with Gasteiger partial charge in [-0.1, -0.05) is 22.3 Å². The summed E-state index contributed by atoms with van der Waals surface area (Å²) in [5, 5.41) is 0. The molecule has 0 aliphatic heterocycles. The molecule has 0 heterocycles. The summed E-state index contributed by atoms with van der Waals surface area (Å²) >= 11 is 0. The van der Waals surface area contributed by atoms with Gasteiger partial charge in [-0.05, 0) is 83.1 Å². The lowest BCUT2D eigenvalue weighted by Crippen LogP contribution is -2.55. The van der Waals surface area contributed by atoms with Crippen molar-refractivity contribution in [1.82, 2.24) is 0 Å². The van der Waals surface area contributed by atoms with E-state index in [2.05, 4.69) is 116 Å². The van der Waals surface area contributed by atoms with E-state index in [1.165, 1.54) is 13.1 Å². The fourth-order valence-electron chi connectivity index (χ4n) is 3.55. The van der Waals surface area contributed by atoms with E-state index in [-0.39, 0.29) is 70.0 Å². The Bertz CT molecular complexity index is 1020. The fraction of sp³-hybridized carbons (Fsp3) is 0.929. The molecule has 0 spiro atoms. The van der Waals surface area contributed by atoms with Crippen LogP contribution in [0.1, 0.15) is 105 Å². The van der Waals surface area contributed by atoms with Gasteiger partial charge in [0.05, 0.1) is 107 Å². The molecule has 0 bridgehead atoms. The second kappa shape index (κ2) is 32.7. The highest BCUT2D eigenvalue weighted by atomic mass is 31.2. The number of hydrogen-bond donors (Lipinski definition) is 0. The van der Waals surface area contributed by atoms with Crippen LogP contribution in [0, 0.1) is 22.3 Å². The first-order chi connectivity index (χ1) is 22.4. The van der Waals surface area contributed by atoms with Crippen LogP contribution in [0.5, 0.6) is 0 Å². The van der Waals surface area contributed by atoms with Gasteiger partial charge in [0.2, 0.25) is 0 Å². The van der Waals surface area contributed by atoms with Crippen molar-refractivity contribution in [3.63, 3.8) is 0 Å². The standard InChI is InChI=1S/C14H34N2O4P.C12H30N2.C10H24NO4P.3CH4.3CH3/c1-13(2)16(7,8)10-9-15(5,6)11-12-19-21(17,18)20-14(3)4;1-11(2)13(5,6)9-10-14(7,8)12(3)4;1-9(2)11(5,6)7-8-14-16(12,13)15-10(3)4;;;;;;/h13-14H,9-12H2,1-8H3;11-12H,9-10H2,1-8H3;9-10H,7-8H2,1-6H3;3*1H4;3*1H3/q+1;+2;;;;;3*-1. The first kappa shape index (κ1) is 77.6. The van der Waals surface area contributed by atoms with Crippen LogP contribution < -0.4 is 9.79 Å². The molecule has 13 nitrogen and oxygen atoms in total. The molecule has 0 fully saturated rings. The number of phosphoric ester groups is 2. The third kappa shape index (κ3) is 39.9. The van der Waals surface area contributed by atoms with Gasteiger partial charge in [-0.2, -0.15) is 0 Å². The van der Waals surface area contributed by atoms with E-state index in [1.54, 1.807) is 27.7 Å². The highest BCUT2D eigenvalue weighted by molar-refractivity contribution is 7.46. The van der Waals surface area contributed by atoms with Gasteiger partial charge in [0.15, 0.2) is 0 Å². The van der Waals surface area contributed by atoms with Crippen LogP contribution in [0.3, 0.4) is 0 Å². The van der Waals surface area contributed by atoms with Crippen LogP contribution in [0.4, 0.5) is 0 Å². The maximum absolute atomic E-state index is 11.5. The molecule has 0 aliphatic carbocycles. The molecule has 15 heteroatoms. The Morgan fingerprint density at radius 3 is 0.842 bits per heavy atom. The van der Waals surface area contributed by atoms with Gasteiger partial charge in [0.1, 0.15) is 52.5 Å². The summed E-state index contributed by atoms with van der Waals surface area (Å²) in [5.41, 5.74) is 0. The molecule has 0 aromatic heterocycles. The van der Waals surface area contributed by atoms with Crippen molar-refractivity contribution in [2.75, 3.05) is 123 Å². The van der Waals surface area contributed by atoms with Crippen molar-refractivity contribution in [3.8, 4) is 0 Å². The summed E-state index contributed by atoms with van der Waals surface area (Å²) < 4.78 is 46.5. The highest BCUT2D eigenvalue weighted by Crippen LogP contribution is 2.40. The summed E-state index contributed by atoms with van der Waals surface area (Å²) in [4.78, 5) is 22.8. The number of nitrogens with zero attached hydrogens (tertiary/aromatic N) is 5. The van der Waals surface area contributed by atoms with E-state index >= 15 is 0 Å². The van der Waals surface area contributed by atoms with E-state index in [0.29, 0.717) is 41.7 Å². The topological polar surface area (TPSA) is 117 Å². The predicted molar refractivity (Wildman–Crippen MR) is 249 cm³/mol. The van der Waals surface area contributed by atoms with E-state index in [0.717, 1.165) is 31.0 Å². The smallest absolute Gasteiger partial charge is 0.268 e. The molecule has 0 aliphatic rings. The maximum Gasteiger partial charge on any atom is 0.268 e. The highest BCUT2D eigenvalue weighted by Gasteiger charge is 2.28. The van der Waals surface area contributed by atoms with Crippen molar-refractivity contribution < 1.29 is 59.4 Å². The van der Waals surface area contributed by atoms with E-state index in [4.69, 9.17) is 13.6 Å². The Morgan fingerprint density at radius 2 is 0.614 bits per heavy atom. The molecular formula is C42H109N5O8P2. The average Bonchev–Trinajstić information content (AvgIpc) is 2.89. The van der Waals surface area contributed by atoms with Crippen LogP contribution in [0.25, 0.3) is 0 Å². The number of phosphoric acid groups is 2. The second-order valence-corrected chi connectivity index (χ2v) is 21.4. The first-order valence-corrected chi connectivity index (χ1v) is 21.8. The van der Waals surface area contributed by atoms with Crippen LogP contribution >= 0.6 is 15.6 Å². The van der Waals surface area contributed by atoms with E-state index < -0.39 is 15.6 Å². The lowest BCUT2D eigenvalue weighted by molar-refractivity contribution is -0.965. The first-order valence-electron chi connectivity index (χ1n) is 18.8. The molecule has 0 saturated heterocycles. The van der Waals surface area contributed by atoms with Crippen LogP contribution in [0.2, 0.25) is 0 Å². The zero-order valence-electron chi connectivity index (χ0n) is 40.5. The summed E-state index contributed by atoms with van der Waals surface area (Å²) in [5.74, 6) is 0. The Morgan fingerprint density at radius 1 is 0.404 bits per heavy atom. The molecule has 0 saturated carbocycles. The lowest BCUT2D eigenvalue weighted by atomic mass is 10.2.